The van der Waals surface area contributed by atoms with Gasteiger partial charge in [0, 0.05) is 0 Å². The molecule has 0 aromatic rings. The Labute approximate surface area is 287 Å². The Morgan fingerprint density at radius 1 is 0.211 bits per heavy atom. The van der Waals surface area contributed by atoms with Crippen LogP contribution in [0.1, 0.15) is 0 Å². The molecule has 0 amide bonds. The molecule has 0 nitrogen and oxygen atoms in total. The third-order valence-electron chi connectivity index (χ3n) is 6.10. The van der Waals surface area contributed by atoms with Crippen molar-refractivity contribution in [1.82, 2.24) is 0 Å². The van der Waals surface area contributed by atoms with Gasteiger partial charge in [-0.05, 0) is 11.6 Å². The molecular weight excluding hydrogens is 974 g/mol. The molecule has 0 aliphatic carbocycles. The SMILES string of the molecule is FC(F)(F)C(F)(F)C(F)(F)C(F)(F)C(F)(F)C(F)(F)C(F)(F)C(F)(F)C(F)(F)Cl.FC(F)C(F)(F)C(F)(F)C(F)(F)C(F)(F)C(F)(F)C(F)(F)C(F)(F)C(F)(F)F. The summed E-state index contributed by atoms with van der Waals surface area (Å²) in [5.74, 6) is -119. The lowest BCUT2D eigenvalue weighted by atomic mass is 9.89. The Morgan fingerprint density at radius 2 is 0.351 bits per heavy atom. The zero-order chi connectivity index (χ0) is 48.1. The van der Waals surface area contributed by atoms with Gasteiger partial charge >= 0.3 is 107 Å². The van der Waals surface area contributed by atoms with Crippen molar-refractivity contribution in [2.24, 2.45) is 0 Å². The van der Waals surface area contributed by atoms with Crippen molar-refractivity contribution in [3.63, 3.8) is 0 Å². The summed E-state index contributed by atoms with van der Waals surface area (Å²) in [6, 6.07) is 0. The van der Waals surface area contributed by atoms with Crippen LogP contribution in [0.25, 0.3) is 0 Å². The molecule has 57 heavy (non-hydrogen) atoms. The second-order valence-electron chi connectivity index (χ2n) is 9.88. The first-order valence-electron chi connectivity index (χ1n) is 11.5. The van der Waals surface area contributed by atoms with Crippen LogP contribution < -0.4 is 0 Å². The smallest absolute Gasteiger partial charge is 0.203 e. The van der Waals surface area contributed by atoms with Gasteiger partial charge < -0.3 is 0 Å². The fourth-order valence-electron chi connectivity index (χ4n) is 2.65. The lowest BCUT2D eigenvalue weighted by molar-refractivity contribution is -0.466. The monoisotopic (exact) mass is 974 g/mol. The third-order valence-corrected chi connectivity index (χ3v) is 6.34. The molecule has 0 aromatic heterocycles. The van der Waals surface area contributed by atoms with Gasteiger partial charge in [-0.2, -0.15) is 158 Å². The molecule has 0 aromatic carbocycles. The summed E-state index contributed by atoms with van der Waals surface area (Å²) >= 11 is 3.26. The van der Waals surface area contributed by atoms with Crippen LogP contribution in [0.4, 0.5) is 167 Å². The molecule has 0 atom stereocenters. The molecule has 0 bridgehead atoms. The van der Waals surface area contributed by atoms with Crippen LogP contribution in [0.2, 0.25) is 0 Å². The van der Waals surface area contributed by atoms with Gasteiger partial charge in [0.2, 0.25) is 0 Å². The Morgan fingerprint density at radius 3 is 0.491 bits per heavy atom. The average molecular weight is 975 g/mol. The van der Waals surface area contributed by atoms with Gasteiger partial charge in [-0.15, -0.1) is 0 Å². The van der Waals surface area contributed by atoms with E-state index in [1.54, 1.807) is 0 Å². The van der Waals surface area contributed by atoms with Gasteiger partial charge in [-0.1, -0.05) is 0 Å². The summed E-state index contributed by atoms with van der Waals surface area (Å²) in [7, 11) is 0. The second-order valence-corrected chi connectivity index (χ2v) is 10.4. The van der Waals surface area contributed by atoms with Crippen LogP contribution in [0.3, 0.4) is 0 Å². The van der Waals surface area contributed by atoms with E-state index >= 15 is 0 Å². The number of hydrogen-bond acceptors (Lipinski definition) is 0. The summed E-state index contributed by atoms with van der Waals surface area (Å²) in [6.07, 6.45) is -21.8. The summed E-state index contributed by atoms with van der Waals surface area (Å²) in [4.78, 5) is 0. The largest absolute Gasteiger partial charge is 0.460 e. The molecule has 0 N–H and O–H groups in total. The van der Waals surface area contributed by atoms with Crippen molar-refractivity contribution in [2.75, 3.05) is 0 Å². The van der Waals surface area contributed by atoms with E-state index in [4.69, 9.17) is 0 Å². The molecule has 0 aliphatic heterocycles. The molecule has 346 valence electrons. The third kappa shape index (κ3) is 7.44. The lowest BCUT2D eigenvalue weighted by Crippen LogP contribution is -2.75. The van der Waals surface area contributed by atoms with Crippen LogP contribution in [-0.2, 0) is 0 Å². The molecule has 0 radical (unpaired) electrons. The highest BCUT2D eigenvalue weighted by Crippen LogP contribution is 2.67. The van der Waals surface area contributed by atoms with Gasteiger partial charge in [-0.25, -0.2) is 8.78 Å². The van der Waals surface area contributed by atoms with E-state index in [0.29, 0.717) is 0 Å². The van der Waals surface area contributed by atoms with Gasteiger partial charge in [0.1, 0.15) is 0 Å². The molecular formula is C18HClF38. The van der Waals surface area contributed by atoms with Crippen LogP contribution in [-0.4, -0.2) is 107 Å². The van der Waals surface area contributed by atoms with Crippen LogP contribution in [0, 0.1) is 0 Å². The molecule has 0 rings (SSSR count). The summed E-state index contributed by atoms with van der Waals surface area (Å²) < 4.78 is 475. The molecule has 0 saturated carbocycles. The minimum atomic E-state index is -8.91. The maximum absolute atomic E-state index is 13.0. The van der Waals surface area contributed by atoms with E-state index in [1.807, 2.05) is 0 Å². The number of halogens is 39. The number of alkyl halides is 39. The molecule has 0 spiro atoms. The zero-order valence-corrected chi connectivity index (χ0v) is 24.6. The predicted octanol–water partition coefficient (Wildman–Crippen LogP) is 13.1. The predicted molar refractivity (Wildman–Crippen MR) is 98.2 cm³/mol. The summed E-state index contributed by atoms with van der Waals surface area (Å²) in [6.45, 7) is 0. The first-order chi connectivity index (χ1) is 23.7. The minimum Gasteiger partial charge on any atom is -0.203 e. The number of rotatable bonds is 14. The van der Waals surface area contributed by atoms with Gasteiger partial charge in [0.05, 0.1) is 0 Å². The van der Waals surface area contributed by atoms with E-state index < -0.39 is 107 Å². The Kier molecular flexibility index (Phi) is 14.0. The molecule has 0 unspecified atom stereocenters. The molecule has 0 aliphatic rings. The highest BCUT2D eigenvalue weighted by Gasteiger charge is 2.98. The Hall–Kier alpha value is -2.37. The van der Waals surface area contributed by atoms with E-state index in [1.165, 1.54) is 0 Å². The van der Waals surface area contributed by atoms with Gasteiger partial charge in [0.25, 0.3) is 0 Å². The highest BCUT2D eigenvalue weighted by atomic mass is 35.5. The van der Waals surface area contributed by atoms with E-state index in [-0.39, 0.29) is 0 Å². The van der Waals surface area contributed by atoms with Crippen molar-refractivity contribution in [2.45, 2.75) is 107 Å². The van der Waals surface area contributed by atoms with Crippen LogP contribution >= 0.6 is 11.6 Å². The van der Waals surface area contributed by atoms with Gasteiger partial charge in [0.15, 0.2) is 0 Å². The fourth-order valence-corrected chi connectivity index (χ4v) is 2.77. The maximum atomic E-state index is 13.0. The molecule has 0 saturated heterocycles. The molecule has 0 fully saturated rings. The van der Waals surface area contributed by atoms with Crippen LogP contribution in [0.15, 0.2) is 0 Å². The van der Waals surface area contributed by atoms with Crippen LogP contribution in [0.5, 0.6) is 0 Å². The van der Waals surface area contributed by atoms with Crippen molar-refractivity contribution in [3.8, 4) is 0 Å². The quantitative estimate of drug-likeness (QED) is 0.120. The number of hydrogen-bond donors (Lipinski definition) is 0. The normalized spacial score (nSPS) is 16.8. The average Bonchev–Trinajstić information content (AvgIpc) is 2.94. The summed E-state index contributed by atoms with van der Waals surface area (Å²) in [5, 5.41) is -6.95. The van der Waals surface area contributed by atoms with Crippen molar-refractivity contribution < 1.29 is 167 Å². The Balaban J connectivity index is 0. The van der Waals surface area contributed by atoms with Crippen molar-refractivity contribution in [3.05, 3.63) is 0 Å². The zero-order valence-electron chi connectivity index (χ0n) is 23.8. The topological polar surface area (TPSA) is 0 Å². The van der Waals surface area contributed by atoms with E-state index in [2.05, 4.69) is 11.6 Å². The second kappa shape index (κ2) is 14.1. The fraction of sp³-hybridized carbons (Fsp3) is 1.00. The van der Waals surface area contributed by atoms with E-state index in [9.17, 15) is 167 Å². The maximum Gasteiger partial charge on any atom is 0.460 e. The summed E-state index contributed by atoms with van der Waals surface area (Å²) in [5.41, 5.74) is 0. The lowest BCUT2D eigenvalue weighted by Gasteiger charge is -2.43. The van der Waals surface area contributed by atoms with Crippen molar-refractivity contribution >= 4 is 11.6 Å². The van der Waals surface area contributed by atoms with E-state index in [0.717, 1.165) is 0 Å². The highest BCUT2D eigenvalue weighted by molar-refractivity contribution is 6.22. The first kappa shape index (κ1) is 56.7. The standard InChI is InChI=1S/C9ClF19.C9HF19/c10-8(25,26)6(21,22)4(17,18)2(13,14)1(11,12)3(15,16)5(19,20)7(23,24)9(27,28)29;10-1(11)2(12,13)3(14,15)4(16,17)5(18,19)6(20,21)7(22,23)8(24,25)9(26,27)28/h;1H. The van der Waals surface area contributed by atoms with Gasteiger partial charge in [-0.3, -0.25) is 0 Å². The molecule has 39 heteroatoms. The Bertz CT molecular complexity index is 1330. The molecule has 0 heterocycles. The van der Waals surface area contributed by atoms with Crippen molar-refractivity contribution in [1.29, 1.82) is 0 Å². The first-order valence-corrected chi connectivity index (χ1v) is 11.8. The minimum absolute atomic E-state index is 3.26.